The van der Waals surface area contributed by atoms with Crippen LogP contribution in [0.4, 0.5) is 0 Å². The number of hydrogen-bond donors (Lipinski definition) is 1. The van der Waals surface area contributed by atoms with Gasteiger partial charge in [-0.05, 0) is 42.7 Å². The van der Waals surface area contributed by atoms with Crippen LogP contribution in [0.3, 0.4) is 0 Å². The third-order valence-corrected chi connectivity index (χ3v) is 5.45. The van der Waals surface area contributed by atoms with Crippen LogP contribution in [0, 0.1) is 0 Å². The molecule has 0 spiro atoms. The second kappa shape index (κ2) is 13.8. The van der Waals surface area contributed by atoms with Crippen molar-refractivity contribution in [3.63, 3.8) is 0 Å². The maximum absolute atomic E-state index is 11.9. The predicted octanol–water partition coefficient (Wildman–Crippen LogP) is 2.49. The average Bonchev–Trinajstić information content (AvgIpc) is 2.63. The Morgan fingerprint density at radius 3 is 2.21 bits per heavy atom. The van der Waals surface area contributed by atoms with Crippen molar-refractivity contribution < 1.29 is 74.2 Å². The third-order valence-electron chi connectivity index (χ3n) is 4.60. The molecule has 0 unspecified atom stereocenters. The molecule has 5 nitrogen and oxygen atoms in total. The van der Waals surface area contributed by atoms with Crippen LogP contribution in [-0.4, -0.2) is 13.0 Å². The Morgan fingerprint density at radius 2 is 1.55 bits per heavy atom. The quantitative estimate of drug-likeness (QED) is 0.309. The Kier molecular flexibility index (Phi) is 12.7. The Morgan fingerprint density at radius 1 is 0.897 bits per heavy atom. The van der Waals surface area contributed by atoms with E-state index >= 15 is 0 Å². The van der Waals surface area contributed by atoms with Crippen molar-refractivity contribution in [1.29, 1.82) is 0 Å². The van der Waals surface area contributed by atoms with Gasteiger partial charge in [-0.3, -0.25) is 4.55 Å². The van der Waals surface area contributed by atoms with Crippen molar-refractivity contribution in [2.45, 2.75) is 69.6 Å². The van der Waals surface area contributed by atoms with Crippen LogP contribution in [0.2, 0.25) is 0 Å². The smallest absolute Gasteiger partial charge is 0.872 e. The van der Waals surface area contributed by atoms with Gasteiger partial charge in [-0.25, -0.2) is 0 Å². The Labute approximate surface area is 217 Å². The van der Waals surface area contributed by atoms with Crippen molar-refractivity contribution in [3.05, 3.63) is 48.0 Å². The van der Waals surface area contributed by atoms with Gasteiger partial charge in [-0.15, -0.1) is 5.75 Å². The molecule has 0 fully saturated rings. The summed E-state index contributed by atoms with van der Waals surface area (Å²) in [4.78, 5) is -0.248. The molecule has 2 aromatic rings. The molecular weight excluding hydrogens is 415 g/mol. The van der Waals surface area contributed by atoms with Crippen LogP contribution in [0.1, 0.15) is 63.9 Å². The van der Waals surface area contributed by atoms with Crippen LogP contribution >= 0.6 is 0 Å². The van der Waals surface area contributed by atoms with Crippen molar-refractivity contribution >= 4 is 10.1 Å². The molecule has 0 aromatic heterocycles. The first kappa shape index (κ1) is 26.6. The number of unbranched alkanes of at least 4 members (excludes halogenated alkanes) is 7. The van der Waals surface area contributed by atoms with Crippen LogP contribution in [0.25, 0.3) is 0 Å². The van der Waals surface area contributed by atoms with Gasteiger partial charge in [0, 0.05) is 6.07 Å². The van der Waals surface area contributed by atoms with Crippen molar-refractivity contribution in [2.75, 3.05) is 0 Å². The van der Waals surface area contributed by atoms with Crippen LogP contribution in [0.5, 0.6) is 17.2 Å². The van der Waals surface area contributed by atoms with E-state index in [4.69, 9.17) is 9.29 Å². The first-order valence-corrected chi connectivity index (χ1v) is 11.4. The zero-order valence-corrected chi connectivity index (χ0v) is 21.3. The van der Waals surface area contributed by atoms with E-state index in [1.54, 1.807) is 12.1 Å². The van der Waals surface area contributed by atoms with Crippen LogP contribution < -0.4 is 61.2 Å². The SMILES string of the molecule is CCCCCCCCCCc1cc([O-])cc(Oc2cccc(S(=O)(=O)O)c2)c1.[K+]. The van der Waals surface area contributed by atoms with Gasteiger partial charge in [-0.1, -0.05) is 64.0 Å². The first-order chi connectivity index (χ1) is 13.4. The summed E-state index contributed by atoms with van der Waals surface area (Å²) >= 11 is 0. The van der Waals surface area contributed by atoms with Crippen molar-refractivity contribution in [1.82, 2.24) is 0 Å². The maximum Gasteiger partial charge on any atom is 1.00 e. The fourth-order valence-electron chi connectivity index (χ4n) is 3.13. The standard InChI is InChI=1S/C22H30O5S.K/c1-2-3-4-5-6-7-8-9-11-18-14-19(23)16-21(15-18)27-20-12-10-13-22(17-20)28(24,25)26;/h10,12-17,23H,2-9,11H2,1H3,(H,24,25,26);/q;+1/p-1. The minimum atomic E-state index is -4.30. The van der Waals surface area contributed by atoms with Crippen LogP contribution in [-0.2, 0) is 16.5 Å². The minimum Gasteiger partial charge on any atom is -0.872 e. The molecular formula is C22H29KO5S. The molecule has 154 valence electrons. The molecule has 2 rings (SSSR count). The molecule has 0 bridgehead atoms. The van der Waals surface area contributed by atoms with Gasteiger partial charge in [0.1, 0.15) is 11.5 Å². The van der Waals surface area contributed by atoms with Gasteiger partial charge in [0.15, 0.2) is 0 Å². The summed E-state index contributed by atoms with van der Waals surface area (Å²) in [5, 5.41) is 11.9. The number of aryl methyl sites for hydroxylation is 1. The topological polar surface area (TPSA) is 86.7 Å². The molecule has 0 aliphatic heterocycles. The molecule has 1 N–H and O–H groups in total. The van der Waals surface area contributed by atoms with Gasteiger partial charge in [0.25, 0.3) is 10.1 Å². The summed E-state index contributed by atoms with van der Waals surface area (Å²) in [6, 6.07) is 10.3. The average molecular weight is 445 g/mol. The normalized spacial score (nSPS) is 11.1. The minimum absolute atomic E-state index is 0. The second-order valence-corrected chi connectivity index (χ2v) is 8.51. The van der Waals surface area contributed by atoms with E-state index in [9.17, 15) is 13.5 Å². The van der Waals surface area contributed by atoms with Gasteiger partial charge < -0.3 is 9.84 Å². The molecule has 0 amide bonds. The largest absolute Gasteiger partial charge is 1.00 e. The first-order valence-electron chi connectivity index (χ1n) is 9.95. The zero-order valence-electron chi connectivity index (χ0n) is 17.4. The summed E-state index contributed by atoms with van der Waals surface area (Å²) in [6.45, 7) is 2.22. The summed E-state index contributed by atoms with van der Waals surface area (Å²) in [5.74, 6) is 0.478. The van der Waals surface area contributed by atoms with E-state index in [-0.39, 0.29) is 67.8 Å². The Hall–Kier alpha value is -0.414. The summed E-state index contributed by atoms with van der Waals surface area (Å²) in [5.41, 5.74) is 0.916. The van der Waals surface area contributed by atoms with Gasteiger partial charge >= 0.3 is 51.4 Å². The molecule has 0 saturated heterocycles. The van der Waals surface area contributed by atoms with Gasteiger partial charge in [-0.2, -0.15) is 8.42 Å². The molecule has 0 aliphatic carbocycles. The summed E-state index contributed by atoms with van der Waals surface area (Å²) < 4.78 is 37.3. The molecule has 2 aromatic carbocycles. The third kappa shape index (κ3) is 10.4. The maximum atomic E-state index is 11.9. The monoisotopic (exact) mass is 444 g/mol. The molecule has 0 radical (unpaired) electrons. The Balaban J connectivity index is 0.00000420. The van der Waals surface area contributed by atoms with E-state index in [2.05, 4.69) is 6.92 Å². The van der Waals surface area contributed by atoms with Crippen molar-refractivity contribution in [2.24, 2.45) is 0 Å². The summed E-state index contributed by atoms with van der Waals surface area (Å²) in [7, 11) is -4.30. The van der Waals surface area contributed by atoms with Gasteiger partial charge in [0.05, 0.1) is 4.90 Å². The molecule has 0 atom stereocenters. The molecule has 0 saturated carbocycles. The van der Waals surface area contributed by atoms with Gasteiger partial charge in [0.2, 0.25) is 0 Å². The fraction of sp³-hybridized carbons (Fsp3) is 0.455. The van der Waals surface area contributed by atoms with E-state index in [0.29, 0.717) is 5.75 Å². The number of ether oxygens (including phenoxy) is 1. The predicted molar refractivity (Wildman–Crippen MR) is 109 cm³/mol. The number of hydrogen-bond acceptors (Lipinski definition) is 4. The van der Waals surface area contributed by atoms with E-state index < -0.39 is 10.1 Å². The second-order valence-electron chi connectivity index (χ2n) is 7.09. The molecule has 29 heavy (non-hydrogen) atoms. The molecule has 0 aliphatic rings. The summed E-state index contributed by atoms with van der Waals surface area (Å²) in [6.07, 6.45) is 10.6. The Bertz CT molecular complexity index is 852. The molecule has 7 heteroatoms. The van der Waals surface area contributed by atoms with E-state index in [1.165, 1.54) is 62.8 Å². The van der Waals surface area contributed by atoms with E-state index in [1.807, 2.05) is 6.07 Å². The number of rotatable bonds is 12. The number of benzene rings is 2. The fourth-order valence-corrected chi connectivity index (χ4v) is 3.65. The van der Waals surface area contributed by atoms with Crippen molar-refractivity contribution in [3.8, 4) is 17.2 Å². The van der Waals surface area contributed by atoms with Crippen LogP contribution in [0.15, 0.2) is 47.4 Å². The van der Waals surface area contributed by atoms with E-state index in [0.717, 1.165) is 24.8 Å². The zero-order chi connectivity index (χ0) is 20.4. The molecule has 0 heterocycles.